The van der Waals surface area contributed by atoms with E-state index >= 15 is 0 Å². The maximum absolute atomic E-state index is 13.7. The molecule has 7 nitrogen and oxygen atoms in total. The Labute approximate surface area is 202 Å². The minimum Gasteiger partial charge on any atom is -0.298 e. The molecule has 5 aromatic rings. The molecule has 35 heavy (non-hydrogen) atoms. The van der Waals surface area contributed by atoms with Crippen LogP contribution in [-0.2, 0) is 6.54 Å². The van der Waals surface area contributed by atoms with Crippen LogP contribution in [0.3, 0.4) is 0 Å². The quantitative estimate of drug-likeness (QED) is 0.260. The highest BCUT2D eigenvalue weighted by atomic mass is 16.1. The summed E-state index contributed by atoms with van der Waals surface area (Å²) in [5.74, 6) is 0. The second-order valence-electron chi connectivity index (χ2n) is 9.15. The molecule has 0 N–H and O–H groups in total. The monoisotopic (exact) mass is 462 g/mol. The van der Waals surface area contributed by atoms with E-state index in [1.165, 1.54) is 18.4 Å². The number of hydrogen-bond acceptors (Lipinski definition) is 5. The van der Waals surface area contributed by atoms with Crippen molar-refractivity contribution in [2.45, 2.75) is 45.6 Å². The predicted octanol–water partition coefficient (Wildman–Crippen LogP) is 5.38. The Hall–Kier alpha value is -4.13. The normalized spacial score (nSPS) is 14.4. The Morgan fingerprint density at radius 3 is 2.69 bits per heavy atom. The van der Waals surface area contributed by atoms with Crippen LogP contribution in [0.4, 0.5) is 0 Å². The third-order valence-corrected chi connectivity index (χ3v) is 6.63. The molecule has 0 spiro atoms. The summed E-state index contributed by atoms with van der Waals surface area (Å²) in [4.78, 5) is 28.0. The average Bonchev–Trinajstić information content (AvgIpc) is 3.19. The van der Waals surface area contributed by atoms with Crippen LogP contribution in [-0.4, -0.2) is 30.4 Å². The van der Waals surface area contributed by atoms with Gasteiger partial charge in [-0.15, -0.1) is 0 Å². The lowest BCUT2D eigenvalue weighted by Gasteiger charge is -2.13. The molecule has 0 aliphatic heterocycles. The Morgan fingerprint density at radius 1 is 1.03 bits per heavy atom. The number of aryl methyl sites for hydroxylation is 2. The summed E-state index contributed by atoms with van der Waals surface area (Å²) in [5, 5.41) is 5.16. The first-order chi connectivity index (χ1) is 17.2. The molecule has 1 aliphatic rings. The fraction of sp³-hybridized carbons (Fsp3) is 0.250. The van der Waals surface area contributed by atoms with Gasteiger partial charge in [-0.3, -0.25) is 9.36 Å². The second kappa shape index (κ2) is 8.91. The van der Waals surface area contributed by atoms with Gasteiger partial charge < -0.3 is 0 Å². The number of aromatic nitrogens is 5. The molecule has 174 valence electrons. The van der Waals surface area contributed by atoms with Crippen molar-refractivity contribution in [1.82, 2.24) is 24.2 Å². The lowest BCUT2D eigenvalue weighted by molar-refractivity contribution is 0.610. The predicted molar refractivity (Wildman–Crippen MR) is 140 cm³/mol. The van der Waals surface area contributed by atoms with Crippen LogP contribution in [0, 0.1) is 6.92 Å². The molecule has 0 fully saturated rings. The van der Waals surface area contributed by atoms with Crippen molar-refractivity contribution in [3.63, 3.8) is 0 Å². The van der Waals surface area contributed by atoms with E-state index in [2.05, 4.69) is 17.1 Å². The molecule has 2 aromatic carbocycles. The van der Waals surface area contributed by atoms with Crippen LogP contribution >= 0.6 is 0 Å². The summed E-state index contributed by atoms with van der Waals surface area (Å²) in [6.07, 6.45) is 11.3. The van der Waals surface area contributed by atoms with E-state index in [1.54, 1.807) is 21.8 Å². The van der Waals surface area contributed by atoms with Gasteiger partial charge in [-0.2, -0.15) is 9.78 Å². The zero-order valence-corrected chi connectivity index (χ0v) is 19.7. The van der Waals surface area contributed by atoms with Crippen LogP contribution in [0.5, 0.6) is 0 Å². The molecule has 3 heterocycles. The van der Waals surface area contributed by atoms with E-state index in [1.807, 2.05) is 49.4 Å². The van der Waals surface area contributed by atoms with E-state index in [4.69, 9.17) is 15.1 Å². The molecule has 0 unspecified atom stereocenters. The zero-order valence-electron chi connectivity index (χ0n) is 19.7. The van der Waals surface area contributed by atoms with E-state index in [0.29, 0.717) is 28.7 Å². The molecule has 1 aliphatic carbocycles. The lowest BCUT2D eigenvalue weighted by Crippen LogP contribution is -2.21. The Morgan fingerprint density at radius 2 is 1.89 bits per heavy atom. The highest BCUT2D eigenvalue weighted by Crippen LogP contribution is 2.25. The minimum atomic E-state index is -0.106. The van der Waals surface area contributed by atoms with E-state index in [0.717, 1.165) is 41.4 Å². The Kier molecular flexibility index (Phi) is 5.45. The van der Waals surface area contributed by atoms with Gasteiger partial charge in [0.2, 0.25) is 0 Å². The summed E-state index contributed by atoms with van der Waals surface area (Å²) in [6.45, 7) is 2.65. The van der Waals surface area contributed by atoms with Crippen molar-refractivity contribution in [3.8, 4) is 0 Å². The van der Waals surface area contributed by atoms with Gasteiger partial charge in [-0.25, -0.2) is 15.0 Å². The number of rotatable bonds is 5. The van der Waals surface area contributed by atoms with Crippen LogP contribution in [0.25, 0.3) is 33.2 Å². The van der Waals surface area contributed by atoms with Gasteiger partial charge in [-0.1, -0.05) is 53.6 Å². The van der Waals surface area contributed by atoms with Gasteiger partial charge in [0, 0.05) is 6.54 Å². The van der Waals surface area contributed by atoms with E-state index < -0.39 is 0 Å². The first-order valence-electron chi connectivity index (χ1n) is 12.1. The maximum Gasteiger partial charge on any atom is 0.265 e. The highest BCUT2D eigenvalue weighted by Gasteiger charge is 2.20. The van der Waals surface area contributed by atoms with E-state index in [9.17, 15) is 4.79 Å². The molecular formula is C28H26N6O. The molecule has 0 atom stereocenters. The van der Waals surface area contributed by atoms with Crippen molar-refractivity contribution in [3.05, 3.63) is 88.0 Å². The largest absolute Gasteiger partial charge is 0.298 e. The standard InChI is InChI=1S/C28H26N6O/c1-19-8-7-11-21(16-19)17-30-34-26-24(25-27(34)32-23-13-6-5-12-22(23)31-25)28(35)33(18-29-26)15-14-20-9-3-2-4-10-20/h5-9,11-13,16-18H,2-4,10,14-15H2,1H3/b30-17+. The van der Waals surface area contributed by atoms with Gasteiger partial charge in [-0.05, 0) is 56.7 Å². The average molecular weight is 463 g/mol. The number of allylic oxidation sites excluding steroid dienone is 2. The van der Waals surface area contributed by atoms with Gasteiger partial charge in [0.05, 0.1) is 23.6 Å². The molecule has 0 bridgehead atoms. The van der Waals surface area contributed by atoms with Gasteiger partial charge >= 0.3 is 0 Å². The van der Waals surface area contributed by atoms with Crippen molar-refractivity contribution in [1.29, 1.82) is 0 Å². The number of hydrogen-bond donors (Lipinski definition) is 0. The summed E-state index contributed by atoms with van der Waals surface area (Å²) in [7, 11) is 0. The number of para-hydroxylation sites is 2. The summed E-state index contributed by atoms with van der Waals surface area (Å²) in [6, 6.07) is 15.8. The summed E-state index contributed by atoms with van der Waals surface area (Å²) < 4.78 is 3.34. The molecule has 3 aromatic heterocycles. The van der Waals surface area contributed by atoms with Crippen LogP contribution in [0.1, 0.15) is 43.2 Å². The van der Waals surface area contributed by atoms with Crippen LogP contribution in [0.2, 0.25) is 0 Å². The van der Waals surface area contributed by atoms with Crippen molar-refractivity contribution >= 4 is 39.4 Å². The molecule has 6 rings (SSSR count). The molecule has 0 radical (unpaired) electrons. The molecule has 7 heteroatoms. The fourth-order valence-corrected chi connectivity index (χ4v) is 4.79. The molecule has 0 saturated carbocycles. The zero-order chi connectivity index (χ0) is 23.8. The number of benzene rings is 2. The SMILES string of the molecule is Cc1cccc(/C=N/n2c3nc4ccccc4nc3c3c(=O)n(CCC4=CCCCC4)cnc32)c1. The Bertz CT molecular complexity index is 1690. The van der Waals surface area contributed by atoms with Crippen molar-refractivity contribution in [2.24, 2.45) is 5.10 Å². The van der Waals surface area contributed by atoms with Gasteiger partial charge in [0.15, 0.2) is 11.3 Å². The number of fused-ring (bicyclic) bond motifs is 4. The summed E-state index contributed by atoms with van der Waals surface area (Å²) in [5.41, 5.74) is 6.45. The van der Waals surface area contributed by atoms with Crippen molar-refractivity contribution < 1.29 is 0 Å². The highest BCUT2D eigenvalue weighted by molar-refractivity contribution is 6.04. The van der Waals surface area contributed by atoms with Gasteiger partial charge in [0.1, 0.15) is 10.9 Å². The van der Waals surface area contributed by atoms with E-state index in [-0.39, 0.29) is 5.56 Å². The Balaban J connectivity index is 1.52. The third-order valence-electron chi connectivity index (χ3n) is 6.63. The van der Waals surface area contributed by atoms with Gasteiger partial charge in [0.25, 0.3) is 5.56 Å². The lowest BCUT2D eigenvalue weighted by atomic mass is 9.97. The minimum absolute atomic E-state index is 0.106. The molecule has 0 amide bonds. The van der Waals surface area contributed by atoms with Crippen molar-refractivity contribution in [2.75, 3.05) is 0 Å². The molecule has 0 saturated heterocycles. The first kappa shape index (κ1) is 21.4. The fourth-order valence-electron chi connectivity index (χ4n) is 4.79. The van der Waals surface area contributed by atoms with Crippen LogP contribution < -0.4 is 5.56 Å². The smallest absolute Gasteiger partial charge is 0.265 e. The maximum atomic E-state index is 13.7. The molecular weight excluding hydrogens is 436 g/mol. The topological polar surface area (TPSA) is 78.0 Å². The second-order valence-corrected chi connectivity index (χ2v) is 9.15. The van der Waals surface area contributed by atoms with Crippen LogP contribution in [0.15, 0.2) is 76.4 Å². The first-order valence-corrected chi connectivity index (χ1v) is 12.1. The number of nitrogens with zero attached hydrogens (tertiary/aromatic N) is 6. The third kappa shape index (κ3) is 4.03. The summed E-state index contributed by atoms with van der Waals surface area (Å²) >= 11 is 0.